The zero-order valence-electron chi connectivity index (χ0n) is 3.98. The van der Waals surface area contributed by atoms with E-state index in [0.717, 1.165) is 0 Å². The summed E-state index contributed by atoms with van der Waals surface area (Å²) in [6, 6.07) is 0. The molecule has 6 heteroatoms. The summed E-state index contributed by atoms with van der Waals surface area (Å²) in [5, 5.41) is 0. The van der Waals surface area contributed by atoms with Gasteiger partial charge in [0.25, 0.3) is 0 Å². The summed E-state index contributed by atoms with van der Waals surface area (Å²) >= 11 is 9.27. The van der Waals surface area contributed by atoms with Crippen LogP contribution in [0.5, 0.6) is 0 Å². The Kier molecular flexibility index (Phi) is 2.54. The maximum Gasteiger partial charge on any atom is 0.201 e. The fourth-order valence-electron chi connectivity index (χ4n) is 0.303. The lowest BCUT2D eigenvalue weighted by Crippen LogP contribution is -1.88. The second-order valence-corrected chi connectivity index (χ2v) is 3.27. The molecular weight excluding hydrogens is 318 g/mol. The van der Waals surface area contributed by atoms with Crippen molar-refractivity contribution in [1.82, 2.24) is 15.0 Å². The third kappa shape index (κ3) is 2.27. The zero-order chi connectivity index (χ0) is 6.85. The summed E-state index contributed by atoms with van der Waals surface area (Å²) in [5.74, 6) is 0. The molecule has 3 nitrogen and oxygen atoms in total. The maximum absolute atomic E-state index is 3.82. The van der Waals surface area contributed by atoms with E-state index in [1.807, 2.05) is 0 Å². The molecule has 0 aromatic carbocycles. The lowest BCUT2D eigenvalue weighted by atomic mass is 11.1. The molecule has 0 saturated heterocycles. The van der Waals surface area contributed by atoms with E-state index in [0.29, 0.717) is 14.2 Å². The average molecular weight is 318 g/mol. The highest BCUT2D eigenvalue weighted by molar-refractivity contribution is 9.11. The monoisotopic (exact) mass is 315 g/mol. The quantitative estimate of drug-likeness (QED) is 0.736. The molecule has 0 spiro atoms. The maximum atomic E-state index is 3.82. The predicted molar refractivity (Wildman–Crippen MR) is 42.9 cm³/mol. The highest BCUT2D eigenvalue weighted by Crippen LogP contribution is 2.10. The van der Waals surface area contributed by atoms with Crippen molar-refractivity contribution in [2.45, 2.75) is 0 Å². The van der Waals surface area contributed by atoms with Gasteiger partial charge in [0.15, 0.2) is 0 Å². The third-order valence-electron chi connectivity index (χ3n) is 0.554. The number of hydrogen-bond acceptors (Lipinski definition) is 3. The van der Waals surface area contributed by atoms with Crippen LogP contribution >= 0.6 is 47.8 Å². The van der Waals surface area contributed by atoms with Gasteiger partial charge in [-0.3, -0.25) is 0 Å². The molecule has 1 heterocycles. The van der Waals surface area contributed by atoms with Gasteiger partial charge in [-0.15, -0.1) is 0 Å². The molecule has 0 N–H and O–H groups in total. The van der Waals surface area contributed by atoms with E-state index in [9.17, 15) is 0 Å². The fourth-order valence-corrected chi connectivity index (χ4v) is 2.02. The van der Waals surface area contributed by atoms with Gasteiger partial charge < -0.3 is 0 Å². The number of halogens is 3. The van der Waals surface area contributed by atoms with Gasteiger partial charge in [-0.1, -0.05) is 0 Å². The Hall–Kier alpha value is 0.450. The van der Waals surface area contributed by atoms with Crippen LogP contribution < -0.4 is 0 Å². The van der Waals surface area contributed by atoms with Gasteiger partial charge in [0, 0.05) is 0 Å². The van der Waals surface area contributed by atoms with Crippen LogP contribution in [0.15, 0.2) is 14.2 Å². The number of hydrogen-bond donors (Lipinski definition) is 0. The second-order valence-electron chi connectivity index (χ2n) is 1.14. The van der Waals surface area contributed by atoms with Crippen molar-refractivity contribution in [2.24, 2.45) is 0 Å². The van der Waals surface area contributed by atoms with Crippen molar-refractivity contribution in [2.75, 3.05) is 0 Å². The number of nitrogens with zero attached hydrogens (tertiary/aromatic N) is 3. The summed E-state index contributed by atoms with van der Waals surface area (Å²) < 4.78 is 1.53. The van der Waals surface area contributed by atoms with Gasteiger partial charge in [0.1, 0.15) is 0 Å². The Balaban J connectivity index is 3.17. The molecule has 1 aromatic heterocycles. The molecule has 0 aliphatic rings. The van der Waals surface area contributed by atoms with Crippen LogP contribution in [0.1, 0.15) is 0 Å². The van der Waals surface area contributed by atoms with Gasteiger partial charge >= 0.3 is 0 Å². The summed E-state index contributed by atoms with van der Waals surface area (Å²) in [6.45, 7) is 0. The van der Waals surface area contributed by atoms with Gasteiger partial charge in [-0.2, -0.15) is 15.0 Å². The summed E-state index contributed by atoms with van der Waals surface area (Å²) in [7, 11) is 0. The SMILES string of the molecule is Brc1nc(Br)nc(Br)n1. The van der Waals surface area contributed by atoms with Crippen LogP contribution in [0, 0.1) is 0 Å². The minimum atomic E-state index is 0.510. The first-order valence-corrected chi connectivity index (χ1v) is 4.29. The Labute approximate surface area is 76.7 Å². The van der Waals surface area contributed by atoms with Crippen molar-refractivity contribution in [3.63, 3.8) is 0 Å². The molecule has 0 saturated carbocycles. The molecule has 0 bridgehead atoms. The van der Waals surface area contributed by atoms with E-state index < -0.39 is 0 Å². The average Bonchev–Trinajstić information content (AvgIpc) is 1.59. The van der Waals surface area contributed by atoms with E-state index in [1.54, 1.807) is 0 Å². The summed E-state index contributed by atoms with van der Waals surface area (Å²) in [5.41, 5.74) is 0. The third-order valence-corrected chi connectivity index (χ3v) is 1.62. The highest BCUT2D eigenvalue weighted by Gasteiger charge is 1.96. The van der Waals surface area contributed by atoms with Gasteiger partial charge in [0.2, 0.25) is 14.2 Å². The van der Waals surface area contributed by atoms with Crippen LogP contribution in [-0.2, 0) is 0 Å². The fraction of sp³-hybridized carbons (Fsp3) is 0. The lowest BCUT2D eigenvalue weighted by Gasteiger charge is -1.89. The molecule has 48 valence electrons. The van der Waals surface area contributed by atoms with Gasteiger partial charge in [0.05, 0.1) is 0 Å². The zero-order valence-corrected chi connectivity index (χ0v) is 8.73. The molecular formula is C3Br3N3. The first kappa shape index (κ1) is 7.56. The Morgan fingerprint density at radius 2 is 0.889 bits per heavy atom. The topological polar surface area (TPSA) is 38.7 Å². The molecule has 0 radical (unpaired) electrons. The Bertz CT molecular complexity index is 175. The number of aromatic nitrogens is 3. The van der Waals surface area contributed by atoms with Crippen LogP contribution in [0.2, 0.25) is 0 Å². The standard InChI is InChI=1S/C3Br3N3/c4-1-7-2(5)9-3(6)8-1. The molecule has 0 unspecified atom stereocenters. The molecule has 0 aliphatic carbocycles. The van der Waals surface area contributed by atoms with Crippen molar-refractivity contribution in [3.05, 3.63) is 14.2 Å². The van der Waals surface area contributed by atoms with Crippen molar-refractivity contribution >= 4 is 47.8 Å². The smallest absolute Gasteiger partial charge is 0.195 e. The molecule has 1 rings (SSSR count). The Morgan fingerprint density at radius 3 is 1.11 bits per heavy atom. The second kappa shape index (κ2) is 3.03. The Morgan fingerprint density at radius 1 is 0.667 bits per heavy atom. The normalized spacial score (nSPS) is 9.67. The summed E-state index contributed by atoms with van der Waals surface area (Å²) in [4.78, 5) is 11.4. The summed E-state index contributed by atoms with van der Waals surface area (Å²) in [6.07, 6.45) is 0. The van der Waals surface area contributed by atoms with E-state index in [2.05, 4.69) is 62.7 Å². The van der Waals surface area contributed by atoms with Crippen molar-refractivity contribution in [1.29, 1.82) is 0 Å². The highest BCUT2D eigenvalue weighted by atomic mass is 79.9. The molecule has 0 amide bonds. The van der Waals surface area contributed by atoms with Crippen LogP contribution in [0.4, 0.5) is 0 Å². The minimum absolute atomic E-state index is 0.510. The van der Waals surface area contributed by atoms with E-state index in [-0.39, 0.29) is 0 Å². The van der Waals surface area contributed by atoms with Crippen LogP contribution in [0.25, 0.3) is 0 Å². The largest absolute Gasteiger partial charge is 0.201 e. The van der Waals surface area contributed by atoms with Gasteiger partial charge in [-0.25, -0.2) is 0 Å². The predicted octanol–water partition coefficient (Wildman–Crippen LogP) is 2.16. The first-order chi connectivity index (χ1) is 4.18. The molecule has 0 atom stereocenters. The van der Waals surface area contributed by atoms with E-state index in [1.165, 1.54) is 0 Å². The minimum Gasteiger partial charge on any atom is -0.195 e. The molecule has 0 fully saturated rings. The van der Waals surface area contributed by atoms with Crippen molar-refractivity contribution in [3.8, 4) is 0 Å². The number of rotatable bonds is 0. The van der Waals surface area contributed by atoms with Crippen LogP contribution in [-0.4, -0.2) is 15.0 Å². The van der Waals surface area contributed by atoms with Crippen molar-refractivity contribution < 1.29 is 0 Å². The molecule has 0 aliphatic heterocycles. The molecule has 9 heavy (non-hydrogen) atoms. The molecule has 1 aromatic rings. The lowest BCUT2D eigenvalue weighted by molar-refractivity contribution is 0.942. The first-order valence-electron chi connectivity index (χ1n) is 1.91. The van der Waals surface area contributed by atoms with E-state index >= 15 is 0 Å². The van der Waals surface area contributed by atoms with Gasteiger partial charge in [-0.05, 0) is 47.8 Å². The van der Waals surface area contributed by atoms with Crippen LogP contribution in [0.3, 0.4) is 0 Å². The van der Waals surface area contributed by atoms with E-state index in [4.69, 9.17) is 0 Å².